The zero-order valence-corrected chi connectivity index (χ0v) is 26.0. The molecule has 0 aliphatic heterocycles. The van der Waals surface area contributed by atoms with E-state index < -0.39 is 35.6 Å². The Morgan fingerprint density at radius 3 is 2.15 bits per heavy atom. The largest absolute Gasteiger partial charge is 0.508 e. The van der Waals surface area contributed by atoms with Gasteiger partial charge in [-0.25, -0.2) is 4.79 Å². The number of para-hydroxylation sites is 2. The number of carbonyl (C=O) groups is 3. The van der Waals surface area contributed by atoms with E-state index in [1.165, 1.54) is 11.0 Å². The van der Waals surface area contributed by atoms with Crippen molar-refractivity contribution in [3.8, 4) is 5.75 Å². The summed E-state index contributed by atoms with van der Waals surface area (Å²) in [4.78, 5) is 42.8. The predicted octanol–water partition coefficient (Wildman–Crippen LogP) is 7.04. The van der Waals surface area contributed by atoms with E-state index >= 15 is 0 Å². The predicted molar refractivity (Wildman–Crippen MR) is 164 cm³/mol. The topological polar surface area (TPSA) is 108 Å². The molecule has 0 aliphatic carbocycles. The van der Waals surface area contributed by atoms with E-state index in [-0.39, 0.29) is 18.2 Å². The molecule has 0 radical (unpaired) electrons. The Hall–Kier alpha value is -3.55. The number of aryl methyl sites for hydroxylation is 2. The van der Waals surface area contributed by atoms with Gasteiger partial charge in [-0.2, -0.15) is 0 Å². The first kappa shape index (κ1) is 33.7. The molecule has 0 saturated heterocycles. The fourth-order valence-electron chi connectivity index (χ4n) is 4.79. The van der Waals surface area contributed by atoms with Crippen molar-refractivity contribution < 1.29 is 24.2 Å². The number of anilines is 1. The van der Waals surface area contributed by atoms with E-state index in [0.29, 0.717) is 24.1 Å². The van der Waals surface area contributed by atoms with Crippen molar-refractivity contribution >= 4 is 23.6 Å². The van der Waals surface area contributed by atoms with Crippen LogP contribution in [-0.4, -0.2) is 46.1 Å². The van der Waals surface area contributed by atoms with Crippen molar-refractivity contribution in [2.75, 3.05) is 11.9 Å². The number of ether oxygens (including phenoxy) is 1. The molecular weight excluding hydrogens is 518 g/mol. The summed E-state index contributed by atoms with van der Waals surface area (Å²) >= 11 is 0. The lowest BCUT2D eigenvalue weighted by atomic mass is 9.97. The summed E-state index contributed by atoms with van der Waals surface area (Å²) in [7, 11) is 0. The summed E-state index contributed by atoms with van der Waals surface area (Å²) in [5, 5.41) is 16.7. The minimum Gasteiger partial charge on any atom is -0.508 e. The van der Waals surface area contributed by atoms with Crippen molar-refractivity contribution in [2.24, 2.45) is 5.92 Å². The summed E-state index contributed by atoms with van der Waals surface area (Å²) < 4.78 is 5.47. The number of alkyl carbamates (subject to hydrolysis) is 1. The molecule has 0 fully saturated rings. The number of nitrogens with zero attached hydrogens (tertiary/aromatic N) is 1. The molecule has 8 heteroatoms. The minimum atomic E-state index is -1.13. The van der Waals surface area contributed by atoms with Gasteiger partial charge in [-0.1, -0.05) is 76.4 Å². The summed E-state index contributed by atoms with van der Waals surface area (Å²) in [6.45, 7) is 15.4. The maximum atomic E-state index is 14.4. The van der Waals surface area contributed by atoms with Crippen LogP contribution in [0.4, 0.5) is 10.5 Å². The highest BCUT2D eigenvalue weighted by atomic mass is 16.6. The quantitative estimate of drug-likeness (QED) is 0.225. The maximum absolute atomic E-state index is 14.4. The Labute approximate surface area is 245 Å². The van der Waals surface area contributed by atoms with E-state index in [9.17, 15) is 19.5 Å². The molecule has 0 bridgehead atoms. The molecule has 0 saturated carbocycles. The molecule has 3 amide bonds. The average Bonchev–Trinajstić information content (AvgIpc) is 2.86. The van der Waals surface area contributed by atoms with Crippen LogP contribution in [0.15, 0.2) is 42.5 Å². The van der Waals surface area contributed by atoms with Crippen LogP contribution in [0.5, 0.6) is 5.75 Å². The smallest absolute Gasteiger partial charge is 0.408 e. The van der Waals surface area contributed by atoms with Gasteiger partial charge in [-0.15, -0.1) is 0 Å². The zero-order chi connectivity index (χ0) is 30.7. The van der Waals surface area contributed by atoms with E-state index in [2.05, 4.69) is 17.6 Å². The lowest BCUT2D eigenvalue weighted by Crippen LogP contribution is -2.53. The van der Waals surface area contributed by atoms with E-state index in [4.69, 9.17) is 4.74 Å². The SMILES string of the molecule is CCCCCCN(C(=O)C(CC(C)C)NC(=O)OC(C)(C)C)C(C(=O)Nc1c(C)cccc1C)c1ccccc1O. The van der Waals surface area contributed by atoms with Gasteiger partial charge in [0.05, 0.1) is 0 Å². The first-order valence-electron chi connectivity index (χ1n) is 14.7. The number of rotatable bonds is 13. The third-order valence-electron chi connectivity index (χ3n) is 6.75. The highest BCUT2D eigenvalue weighted by Crippen LogP contribution is 2.32. The highest BCUT2D eigenvalue weighted by molar-refractivity contribution is 6.00. The molecule has 2 aromatic rings. The fraction of sp³-hybridized carbons (Fsp3) is 0.545. The number of phenolic OH excluding ortho intramolecular Hbond substituents is 1. The molecule has 2 unspecified atom stereocenters. The molecule has 0 aliphatic rings. The maximum Gasteiger partial charge on any atom is 0.408 e. The van der Waals surface area contributed by atoms with Gasteiger partial charge in [-0.05, 0) is 70.6 Å². The summed E-state index contributed by atoms with van der Waals surface area (Å²) in [6, 6.07) is 10.3. The Bertz CT molecular complexity index is 1150. The van der Waals surface area contributed by atoms with Gasteiger partial charge in [0.1, 0.15) is 23.4 Å². The van der Waals surface area contributed by atoms with Crippen LogP contribution < -0.4 is 10.6 Å². The Morgan fingerprint density at radius 1 is 0.951 bits per heavy atom. The van der Waals surface area contributed by atoms with Crippen LogP contribution in [0.3, 0.4) is 0 Å². The van der Waals surface area contributed by atoms with E-state index in [1.54, 1.807) is 39.0 Å². The van der Waals surface area contributed by atoms with Crippen molar-refractivity contribution in [1.29, 1.82) is 0 Å². The Kier molecular flexibility index (Phi) is 12.7. The highest BCUT2D eigenvalue weighted by Gasteiger charge is 2.37. The number of hydrogen-bond donors (Lipinski definition) is 3. The van der Waals surface area contributed by atoms with Gasteiger partial charge in [-0.3, -0.25) is 9.59 Å². The molecule has 0 heterocycles. The number of nitrogens with one attached hydrogen (secondary N) is 2. The van der Waals surface area contributed by atoms with E-state index in [1.807, 2.05) is 45.9 Å². The standard InChI is InChI=1S/C33H49N3O5/c1-9-10-11-14-20-36(31(39)26(21-22(2)3)34-32(40)41-33(6,7)8)29(25-18-12-13-19-27(25)37)30(38)35-28-23(4)16-15-17-24(28)5/h12-13,15-19,22,26,29,37H,9-11,14,20-21H2,1-8H3,(H,34,40)(H,35,38). The number of benzene rings is 2. The van der Waals surface area contributed by atoms with Gasteiger partial charge < -0.3 is 25.4 Å². The lowest BCUT2D eigenvalue weighted by Gasteiger charge is -2.35. The van der Waals surface area contributed by atoms with Gasteiger partial charge in [0.25, 0.3) is 5.91 Å². The normalized spacial score (nSPS) is 12.9. The second-order valence-electron chi connectivity index (χ2n) is 12.1. The first-order valence-corrected chi connectivity index (χ1v) is 14.7. The molecule has 41 heavy (non-hydrogen) atoms. The lowest BCUT2D eigenvalue weighted by molar-refractivity contribution is -0.141. The fourth-order valence-corrected chi connectivity index (χ4v) is 4.79. The number of carbonyl (C=O) groups excluding carboxylic acids is 3. The van der Waals surface area contributed by atoms with Crippen molar-refractivity contribution in [3.63, 3.8) is 0 Å². The molecule has 0 spiro atoms. The van der Waals surface area contributed by atoms with Gasteiger partial charge in [0.2, 0.25) is 5.91 Å². The number of amides is 3. The molecule has 2 atom stereocenters. The second-order valence-corrected chi connectivity index (χ2v) is 12.1. The molecule has 3 N–H and O–H groups in total. The molecule has 0 aromatic heterocycles. The van der Waals surface area contributed by atoms with Crippen LogP contribution in [-0.2, 0) is 14.3 Å². The van der Waals surface area contributed by atoms with Crippen molar-refractivity contribution in [1.82, 2.24) is 10.2 Å². The monoisotopic (exact) mass is 567 g/mol. The van der Waals surface area contributed by atoms with E-state index in [0.717, 1.165) is 30.4 Å². The number of phenols is 1. The van der Waals surface area contributed by atoms with Gasteiger partial charge in [0, 0.05) is 17.8 Å². The minimum absolute atomic E-state index is 0.0767. The molecule has 2 rings (SSSR count). The molecule has 8 nitrogen and oxygen atoms in total. The molecular formula is C33H49N3O5. The zero-order valence-electron chi connectivity index (χ0n) is 26.0. The average molecular weight is 568 g/mol. The number of unbranched alkanes of at least 4 members (excludes halogenated alkanes) is 3. The molecule has 226 valence electrons. The van der Waals surface area contributed by atoms with Crippen LogP contribution in [0.2, 0.25) is 0 Å². The van der Waals surface area contributed by atoms with Gasteiger partial charge in [0.15, 0.2) is 0 Å². The number of hydrogen-bond acceptors (Lipinski definition) is 5. The summed E-state index contributed by atoms with van der Waals surface area (Å²) in [5.74, 6) is -0.840. The Morgan fingerprint density at radius 2 is 1.59 bits per heavy atom. The summed E-state index contributed by atoms with van der Waals surface area (Å²) in [6.07, 6.45) is 3.21. The van der Waals surface area contributed by atoms with Crippen molar-refractivity contribution in [3.05, 3.63) is 59.2 Å². The van der Waals surface area contributed by atoms with Crippen LogP contribution in [0.1, 0.15) is 96.4 Å². The molecule has 2 aromatic carbocycles. The third kappa shape index (κ3) is 10.4. The van der Waals surface area contributed by atoms with Crippen LogP contribution in [0, 0.1) is 19.8 Å². The third-order valence-corrected chi connectivity index (χ3v) is 6.75. The number of aromatic hydroxyl groups is 1. The van der Waals surface area contributed by atoms with Crippen LogP contribution in [0.25, 0.3) is 0 Å². The Balaban J connectivity index is 2.59. The van der Waals surface area contributed by atoms with Crippen molar-refractivity contribution in [2.45, 2.75) is 105 Å². The van der Waals surface area contributed by atoms with Crippen LogP contribution >= 0.6 is 0 Å². The van der Waals surface area contributed by atoms with Gasteiger partial charge >= 0.3 is 6.09 Å². The second kappa shape index (κ2) is 15.5. The first-order chi connectivity index (χ1) is 19.2. The summed E-state index contributed by atoms with van der Waals surface area (Å²) in [5.41, 5.74) is 2.03.